The zero-order valence-corrected chi connectivity index (χ0v) is 19.1. The summed E-state index contributed by atoms with van der Waals surface area (Å²) in [5.74, 6) is -0.887. The number of hydrogen-bond acceptors (Lipinski definition) is 4. The number of carbonyl (C=O) groups is 3. The Bertz CT molecular complexity index is 1050. The van der Waals surface area contributed by atoms with E-state index in [1.165, 1.54) is 4.90 Å². The minimum absolute atomic E-state index is 0.310. The third-order valence-corrected chi connectivity index (χ3v) is 5.58. The lowest BCUT2D eigenvalue weighted by molar-refractivity contribution is -0.143. The van der Waals surface area contributed by atoms with Crippen LogP contribution in [-0.4, -0.2) is 36.0 Å². The van der Waals surface area contributed by atoms with Crippen LogP contribution < -0.4 is 10.6 Å². The monoisotopic (exact) mass is 455 g/mol. The van der Waals surface area contributed by atoms with Crippen LogP contribution >= 0.6 is 11.6 Å². The molecule has 8 heteroatoms. The first kappa shape index (κ1) is 23.3. The van der Waals surface area contributed by atoms with E-state index in [1.807, 2.05) is 18.2 Å². The number of anilines is 1. The van der Waals surface area contributed by atoms with Gasteiger partial charge < -0.3 is 20.3 Å². The molecule has 0 saturated carbocycles. The molecule has 1 aliphatic heterocycles. The van der Waals surface area contributed by atoms with Gasteiger partial charge >= 0.3 is 12.0 Å². The summed E-state index contributed by atoms with van der Waals surface area (Å²) in [4.78, 5) is 39.3. The number of allylic oxidation sites excluding steroid dienone is 1. The van der Waals surface area contributed by atoms with E-state index >= 15 is 0 Å². The topological polar surface area (TPSA) is 87.7 Å². The Balaban J connectivity index is 1.89. The van der Waals surface area contributed by atoms with Gasteiger partial charge in [-0.1, -0.05) is 42.5 Å². The number of benzene rings is 2. The summed E-state index contributed by atoms with van der Waals surface area (Å²) in [7, 11) is 1.59. The van der Waals surface area contributed by atoms with Crippen LogP contribution in [0.3, 0.4) is 0 Å². The van der Waals surface area contributed by atoms with E-state index in [-0.39, 0.29) is 18.0 Å². The fourth-order valence-electron chi connectivity index (χ4n) is 3.40. The third kappa shape index (κ3) is 5.11. The molecule has 0 aromatic heterocycles. The number of ether oxygens (including phenoxy) is 1. The zero-order valence-electron chi connectivity index (χ0n) is 18.4. The second-order valence-electron chi connectivity index (χ2n) is 7.78. The Labute approximate surface area is 192 Å². The van der Waals surface area contributed by atoms with Crippen molar-refractivity contribution in [1.82, 2.24) is 10.2 Å². The highest BCUT2D eigenvalue weighted by Crippen LogP contribution is 2.32. The maximum absolute atomic E-state index is 12.8. The van der Waals surface area contributed by atoms with Crippen LogP contribution in [0.2, 0.25) is 0 Å². The van der Waals surface area contributed by atoms with Crippen LogP contribution in [0.15, 0.2) is 65.9 Å². The number of nitrogens with zero attached hydrogens (tertiary/aromatic N) is 1. The number of hydrogen-bond donors (Lipinski definition) is 2. The van der Waals surface area contributed by atoms with E-state index in [0.717, 1.165) is 0 Å². The summed E-state index contributed by atoms with van der Waals surface area (Å²) < 4.78 is 5.41. The van der Waals surface area contributed by atoms with Crippen molar-refractivity contribution < 1.29 is 19.1 Å². The van der Waals surface area contributed by atoms with E-state index < -0.39 is 17.4 Å². The molecule has 32 heavy (non-hydrogen) atoms. The van der Waals surface area contributed by atoms with Gasteiger partial charge in [-0.25, -0.2) is 9.59 Å². The van der Waals surface area contributed by atoms with Crippen molar-refractivity contribution in [2.24, 2.45) is 0 Å². The molecule has 2 aromatic carbocycles. The Hall–Kier alpha value is -3.32. The van der Waals surface area contributed by atoms with E-state index in [2.05, 4.69) is 10.6 Å². The van der Waals surface area contributed by atoms with E-state index in [0.29, 0.717) is 28.1 Å². The predicted octanol–water partition coefficient (Wildman–Crippen LogP) is 4.53. The summed E-state index contributed by atoms with van der Waals surface area (Å²) >= 11 is 6.32. The molecule has 0 fully saturated rings. The van der Waals surface area contributed by atoms with Crippen molar-refractivity contribution in [2.75, 3.05) is 12.4 Å². The molecule has 0 spiro atoms. The lowest BCUT2D eigenvalue weighted by atomic mass is 9.94. The molecule has 3 rings (SSSR count). The third-order valence-electron chi connectivity index (χ3n) is 5.13. The smallest absolute Gasteiger partial charge is 0.338 e. The van der Waals surface area contributed by atoms with Gasteiger partial charge in [0.25, 0.3) is 0 Å². The number of esters is 1. The standard InChI is InChI=1S/C24H26ClN3O4/c1-14(2)32-23(30)19-15(3)28(4)24(31)27-21(19)17-11-8-12-18(13-17)26-22(29)20(25)16-9-6-5-7-10-16/h5-14,20-21H,1-4H3,(H,26,29)(H,27,31)/t20-,21+/m1/s1. The van der Waals surface area contributed by atoms with Crippen molar-refractivity contribution in [2.45, 2.75) is 38.3 Å². The number of alkyl halides is 1. The first-order valence-electron chi connectivity index (χ1n) is 10.2. The highest BCUT2D eigenvalue weighted by atomic mass is 35.5. The summed E-state index contributed by atoms with van der Waals surface area (Å²) in [6.45, 7) is 5.23. The number of amides is 3. The lowest BCUT2D eigenvalue weighted by Crippen LogP contribution is -2.46. The molecule has 7 nitrogen and oxygen atoms in total. The Kier molecular flexibility index (Phi) is 7.20. The summed E-state index contributed by atoms with van der Waals surface area (Å²) in [6, 6.07) is 14.9. The maximum Gasteiger partial charge on any atom is 0.338 e. The first-order valence-corrected chi connectivity index (χ1v) is 10.7. The van der Waals surface area contributed by atoms with Gasteiger partial charge in [-0.2, -0.15) is 0 Å². The average molecular weight is 456 g/mol. The van der Waals surface area contributed by atoms with Gasteiger partial charge in [-0.3, -0.25) is 4.79 Å². The molecule has 0 radical (unpaired) electrons. The molecule has 2 atom stereocenters. The lowest BCUT2D eigenvalue weighted by Gasteiger charge is -2.33. The second-order valence-corrected chi connectivity index (χ2v) is 8.22. The van der Waals surface area contributed by atoms with Gasteiger partial charge in [0, 0.05) is 18.4 Å². The molecular weight excluding hydrogens is 430 g/mol. The Morgan fingerprint density at radius 2 is 1.81 bits per heavy atom. The molecule has 168 valence electrons. The molecular formula is C24H26ClN3O4. The van der Waals surface area contributed by atoms with Crippen molar-refractivity contribution >= 4 is 35.2 Å². The van der Waals surface area contributed by atoms with Crippen molar-refractivity contribution in [1.29, 1.82) is 0 Å². The Morgan fingerprint density at radius 1 is 1.12 bits per heavy atom. The molecule has 1 heterocycles. The molecule has 1 aliphatic rings. The second kappa shape index (κ2) is 9.87. The largest absolute Gasteiger partial charge is 0.459 e. The van der Waals surface area contributed by atoms with Crippen molar-refractivity contribution in [3.63, 3.8) is 0 Å². The molecule has 0 unspecified atom stereocenters. The van der Waals surface area contributed by atoms with Crippen molar-refractivity contribution in [3.05, 3.63) is 77.0 Å². The van der Waals surface area contributed by atoms with Gasteiger partial charge in [-0.15, -0.1) is 11.6 Å². The van der Waals surface area contributed by atoms with Crippen LogP contribution in [-0.2, 0) is 14.3 Å². The molecule has 3 amide bonds. The van der Waals surface area contributed by atoms with Gasteiger partial charge in [0.15, 0.2) is 0 Å². The minimum Gasteiger partial charge on any atom is -0.459 e. The molecule has 0 aliphatic carbocycles. The number of halogens is 1. The van der Waals surface area contributed by atoms with Gasteiger partial charge in [-0.05, 0) is 44.0 Å². The van der Waals surface area contributed by atoms with E-state index in [1.54, 1.807) is 64.2 Å². The van der Waals surface area contributed by atoms with Crippen LogP contribution in [0.5, 0.6) is 0 Å². The van der Waals surface area contributed by atoms with Gasteiger partial charge in [0.2, 0.25) is 5.91 Å². The summed E-state index contributed by atoms with van der Waals surface area (Å²) in [5.41, 5.74) is 2.65. The van der Waals surface area contributed by atoms with E-state index in [4.69, 9.17) is 16.3 Å². The van der Waals surface area contributed by atoms with Gasteiger partial charge in [0.1, 0.15) is 5.38 Å². The Morgan fingerprint density at radius 3 is 2.47 bits per heavy atom. The van der Waals surface area contributed by atoms with Crippen LogP contribution in [0.4, 0.5) is 10.5 Å². The molecule has 0 saturated heterocycles. The fraction of sp³-hybridized carbons (Fsp3) is 0.292. The molecule has 0 bridgehead atoms. The van der Waals surface area contributed by atoms with Crippen molar-refractivity contribution in [3.8, 4) is 0 Å². The molecule has 2 aromatic rings. The average Bonchev–Trinajstić information content (AvgIpc) is 2.76. The first-order chi connectivity index (χ1) is 15.2. The number of carbonyl (C=O) groups excluding carboxylic acids is 3. The normalized spacial score (nSPS) is 17.1. The molecule has 2 N–H and O–H groups in total. The van der Waals surface area contributed by atoms with Crippen LogP contribution in [0, 0.1) is 0 Å². The van der Waals surface area contributed by atoms with Crippen LogP contribution in [0.25, 0.3) is 0 Å². The number of rotatable bonds is 6. The zero-order chi connectivity index (χ0) is 23.4. The van der Waals surface area contributed by atoms with E-state index in [9.17, 15) is 14.4 Å². The maximum atomic E-state index is 12.8. The number of urea groups is 1. The summed E-state index contributed by atoms with van der Waals surface area (Å²) in [5, 5.41) is 4.78. The number of nitrogens with one attached hydrogen (secondary N) is 2. The quantitative estimate of drug-likeness (QED) is 0.495. The van der Waals surface area contributed by atoms with Crippen LogP contribution in [0.1, 0.15) is 43.3 Å². The SMILES string of the molecule is CC1=C(C(=O)OC(C)C)[C@H](c2cccc(NC(=O)[C@H](Cl)c3ccccc3)c2)NC(=O)N1C. The highest BCUT2D eigenvalue weighted by molar-refractivity contribution is 6.32. The summed E-state index contributed by atoms with van der Waals surface area (Å²) in [6.07, 6.45) is -0.310. The fourth-order valence-corrected chi connectivity index (χ4v) is 3.60. The van der Waals surface area contributed by atoms with Gasteiger partial charge in [0.05, 0.1) is 17.7 Å². The highest BCUT2D eigenvalue weighted by Gasteiger charge is 2.35. The minimum atomic E-state index is -0.860. The predicted molar refractivity (Wildman–Crippen MR) is 123 cm³/mol.